The van der Waals surface area contributed by atoms with Gasteiger partial charge in [0.25, 0.3) is 0 Å². The topological polar surface area (TPSA) is 82.6 Å². The van der Waals surface area contributed by atoms with Gasteiger partial charge in [-0.2, -0.15) is 0 Å². The maximum absolute atomic E-state index is 12.0. The van der Waals surface area contributed by atoms with Gasteiger partial charge in [0.15, 0.2) is 5.96 Å². The maximum Gasteiger partial charge on any atom is 0.240 e. The number of guanidine groups is 1. The van der Waals surface area contributed by atoms with E-state index in [1.165, 1.54) is 0 Å². The predicted octanol–water partition coefficient (Wildman–Crippen LogP) is 0.422. The zero-order valence-electron chi connectivity index (χ0n) is 11.7. The number of aliphatic imine (C=N–C) groups is 1. The molecule has 1 saturated carbocycles. The van der Waals surface area contributed by atoms with E-state index in [1.54, 1.807) is 38.4 Å². The summed E-state index contributed by atoms with van der Waals surface area (Å²) in [4.78, 5) is 4.32. The molecular weight excluding hydrogens is 276 g/mol. The van der Waals surface area contributed by atoms with Crippen LogP contribution in [0.4, 0.5) is 0 Å². The van der Waals surface area contributed by atoms with Crippen molar-refractivity contribution in [3.05, 3.63) is 29.8 Å². The van der Waals surface area contributed by atoms with Crippen LogP contribution in [0.25, 0.3) is 0 Å². The lowest BCUT2D eigenvalue weighted by atomic mass is 10.2. The monoisotopic (exact) mass is 296 g/mol. The molecule has 0 heterocycles. The van der Waals surface area contributed by atoms with Gasteiger partial charge in [0, 0.05) is 26.7 Å². The number of benzene rings is 1. The third-order valence-corrected chi connectivity index (χ3v) is 4.59. The second kappa shape index (κ2) is 6.23. The summed E-state index contributed by atoms with van der Waals surface area (Å²) >= 11 is 0. The van der Waals surface area contributed by atoms with Crippen LogP contribution in [0.15, 0.2) is 34.2 Å². The van der Waals surface area contributed by atoms with Gasteiger partial charge in [-0.1, -0.05) is 12.1 Å². The molecule has 6 nitrogen and oxygen atoms in total. The highest BCUT2D eigenvalue weighted by atomic mass is 32.2. The van der Waals surface area contributed by atoms with Crippen LogP contribution in [-0.2, 0) is 16.6 Å². The first-order valence-corrected chi connectivity index (χ1v) is 8.03. The molecule has 0 aliphatic heterocycles. The Balaban J connectivity index is 1.98. The normalized spacial score (nSPS) is 16.0. The summed E-state index contributed by atoms with van der Waals surface area (Å²) in [5, 5.41) is 6.03. The molecule has 7 heteroatoms. The van der Waals surface area contributed by atoms with Crippen molar-refractivity contribution in [2.24, 2.45) is 4.99 Å². The second-order valence-electron chi connectivity index (χ2n) is 4.72. The first kappa shape index (κ1) is 14.8. The Kier molecular flexibility index (Phi) is 4.61. The fourth-order valence-corrected chi connectivity index (χ4v) is 3.05. The number of nitrogens with one attached hydrogen (secondary N) is 3. The third kappa shape index (κ3) is 3.94. The van der Waals surface area contributed by atoms with Crippen LogP contribution in [0.5, 0.6) is 0 Å². The Labute approximate surface area is 119 Å². The smallest absolute Gasteiger partial charge is 0.240 e. The first-order valence-electron chi connectivity index (χ1n) is 6.55. The Morgan fingerprint density at radius 3 is 2.45 bits per heavy atom. The van der Waals surface area contributed by atoms with Crippen molar-refractivity contribution in [1.29, 1.82) is 0 Å². The summed E-state index contributed by atoms with van der Waals surface area (Å²) in [5.74, 6) is 0.692. The molecule has 0 amide bonds. The molecule has 1 aliphatic carbocycles. The van der Waals surface area contributed by atoms with Gasteiger partial charge in [-0.3, -0.25) is 4.99 Å². The molecule has 0 saturated heterocycles. The molecule has 0 bridgehead atoms. The summed E-state index contributed by atoms with van der Waals surface area (Å²) in [6.45, 7) is 0.587. The van der Waals surface area contributed by atoms with E-state index in [0.717, 1.165) is 18.4 Å². The molecule has 1 aromatic carbocycles. The van der Waals surface area contributed by atoms with Gasteiger partial charge in [-0.05, 0) is 30.5 Å². The van der Waals surface area contributed by atoms with Crippen LogP contribution in [0.3, 0.4) is 0 Å². The van der Waals surface area contributed by atoms with E-state index in [-0.39, 0.29) is 6.04 Å². The molecule has 3 N–H and O–H groups in total. The van der Waals surface area contributed by atoms with Crippen LogP contribution in [0.2, 0.25) is 0 Å². The Morgan fingerprint density at radius 1 is 1.30 bits per heavy atom. The van der Waals surface area contributed by atoms with Crippen molar-refractivity contribution in [2.75, 3.05) is 14.1 Å². The molecule has 0 spiro atoms. The zero-order chi connectivity index (χ0) is 14.6. The quantitative estimate of drug-likeness (QED) is 0.543. The van der Waals surface area contributed by atoms with E-state index in [0.29, 0.717) is 17.4 Å². The molecule has 0 unspecified atom stereocenters. The van der Waals surface area contributed by atoms with Gasteiger partial charge in [-0.15, -0.1) is 0 Å². The van der Waals surface area contributed by atoms with Gasteiger partial charge in [-0.25, -0.2) is 13.1 Å². The average molecular weight is 296 g/mol. The predicted molar refractivity (Wildman–Crippen MR) is 79.0 cm³/mol. The Hall–Kier alpha value is -1.60. The lowest BCUT2D eigenvalue weighted by molar-refractivity contribution is 0.581. The molecule has 110 valence electrons. The van der Waals surface area contributed by atoms with Crippen LogP contribution in [0.1, 0.15) is 18.4 Å². The number of hydrogen-bond donors (Lipinski definition) is 3. The fraction of sp³-hybridized carbons (Fsp3) is 0.462. The molecule has 0 aromatic heterocycles. The fourth-order valence-electron chi connectivity index (χ4n) is 1.74. The molecule has 1 aliphatic rings. The third-order valence-electron chi connectivity index (χ3n) is 3.05. The minimum Gasteiger partial charge on any atom is -0.359 e. The lowest BCUT2D eigenvalue weighted by Gasteiger charge is -2.09. The van der Waals surface area contributed by atoms with Gasteiger partial charge >= 0.3 is 0 Å². The van der Waals surface area contributed by atoms with Crippen molar-refractivity contribution in [3.8, 4) is 0 Å². The van der Waals surface area contributed by atoms with E-state index in [1.807, 2.05) is 0 Å². The van der Waals surface area contributed by atoms with E-state index in [2.05, 4.69) is 20.3 Å². The minimum atomic E-state index is -3.36. The summed E-state index contributed by atoms with van der Waals surface area (Å²) < 4.78 is 26.7. The van der Waals surface area contributed by atoms with Gasteiger partial charge in [0.2, 0.25) is 10.0 Å². The average Bonchev–Trinajstić information content (AvgIpc) is 3.24. The molecule has 2 rings (SSSR count). The number of hydrogen-bond acceptors (Lipinski definition) is 3. The van der Waals surface area contributed by atoms with Gasteiger partial charge < -0.3 is 10.6 Å². The number of nitrogens with zero attached hydrogens (tertiary/aromatic N) is 1. The zero-order valence-corrected chi connectivity index (χ0v) is 12.5. The first-order chi connectivity index (χ1) is 9.55. The Bertz CT molecular complexity index is 577. The van der Waals surface area contributed by atoms with E-state index in [9.17, 15) is 8.42 Å². The van der Waals surface area contributed by atoms with Crippen molar-refractivity contribution < 1.29 is 8.42 Å². The minimum absolute atomic E-state index is 0.125. The lowest BCUT2D eigenvalue weighted by Crippen LogP contribution is -2.34. The molecule has 20 heavy (non-hydrogen) atoms. The van der Waals surface area contributed by atoms with Crippen molar-refractivity contribution in [1.82, 2.24) is 15.4 Å². The summed E-state index contributed by atoms with van der Waals surface area (Å²) in [7, 11) is 0.118. The van der Waals surface area contributed by atoms with Crippen molar-refractivity contribution >= 4 is 16.0 Å². The largest absolute Gasteiger partial charge is 0.359 e. The van der Waals surface area contributed by atoms with Crippen LogP contribution in [-0.4, -0.2) is 34.5 Å². The molecule has 0 atom stereocenters. The van der Waals surface area contributed by atoms with Gasteiger partial charge in [0.05, 0.1) is 4.90 Å². The van der Waals surface area contributed by atoms with Crippen LogP contribution < -0.4 is 15.4 Å². The standard InChI is InChI=1S/C13H20N4O2S/c1-14-13(15-2)16-9-10-3-7-12(8-4-10)20(18,19)17-11-5-6-11/h3-4,7-8,11,17H,5-6,9H2,1-2H3,(H2,14,15,16). The Morgan fingerprint density at radius 2 is 1.95 bits per heavy atom. The number of sulfonamides is 1. The highest BCUT2D eigenvalue weighted by molar-refractivity contribution is 7.89. The number of rotatable bonds is 5. The van der Waals surface area contributed by atoms with Crippen LogP contribution in [0, 0.1) is 0 Å². The van der Waals surface area contributed by atoms with E-state index < -0.39 is 10.0 Å². The molecular formula is C13H20N4O2S. The summed E-state index contributed by atoms with van der Waals surface area (Å²) in [5.41, 5.74) is 0.992. The SMILES string of the molecule is CN=C(NC)NCc1ccc(S(=O)(=O)NC2CC2)cc1. The van der Waals surface area contributed by atoms with Crippen molar-refractivity contribution in [2.45, 2.75) is 30.3 Å². The molecule has 1 fully saturated rings. The highest BCUT2D eigenvalue weighted by Crippen LogP contribution is 2.22. The van der Waals surface area contributed by atoms with Crippen LogP contribution >= 0.6 is 0 Å². The van der Waals surface area contributed by atoms with E-state index >= 15 is 0 Å². The van der Waals surface area contributed by atoms with Gasteiger partial charge in [0.1, 0.15) is 0 Å². The maximum atomic E-state index is 12.0. The summed E-state index contributed by atoms with van der Waals surface area (Å²) in [6, 6.07) is 6.99. The second-order valence-corrected chi connectivity index (χ2v) is 6.43. The van der Waals surface area contributed by atoms with Crippen molar-refractivity contribution in [3.63, 3.8) is 0 Å². The molecule has 1 aromatic rings. The summed E-state index contributed by atoms with van der Waals surface area (Å²) in [6.07, 6.45) is 1.87. The van der Waals surface area contributed by atoms with E-state index in [4.69, 9.17) is 0 Å². The molecule has 0 radical (unpaired) electrons. The highest BCUT2D eigenvalue weighted by Gasteiger charge is 2.27.